The quantitative estimate of drug-likeness (QED) is 0.875. The summed E-state index contributed by atoms with van der Waals surface area (Å²) in [6.45, 7) is 5.06. The summed E-state index contributed by atoms with van der Waals surface area (Å²) in [4.78, 5) is 16.4. The second-order valence-electron chi connectivity index (χ2n) is 5.95. The van der Waals surface area contributed by atoms with Crippen molar-refractivity contribution in [2.45, 2.75) is 39.0 Å². The predicted molar refractivity (Wildman–Crippen MR) is 90.5 cm³/mol. The van der Waals surface area contributed by atoms with E-state index in [1.54, 1.807) is 6.07 Å². The highest BCUT2D eigenvalue weighted by Gasteiger charge is 2.29. The van der Waals surface area contributed by atoms with Crippen molar-refractivity contribution < 1.29 is 18.8 Å². The molecular formula is C17H20ClN3O4. The first-order valence-electron chi connectivity index (χ1n) is 8.07. The highest BCUT2D eigenvalue weighted by molar-refractivity contribution is 6.33. The smallest absolute Gasteiger partial charge is 0.253 e. The van der Waals surface area contributed by atoms with E-state index in [1.807, 2.05) is 13.8 Å². The van der Waals surface area contributed by atoms with Crippen molar-refractivity contribution in [1.82, 2.24) is 15.5 Å². The Labute approximate surface area is 150 Å². The predicted octanol–water partition coefficient (Wildman–Crippen LogP) is 2.44. The van der Waals surface area contributed by atoms with Gasteiger partial charge in [-0.1, -0.05) is 16.8 Å². The van der Waals surface area contributed by atoms with Gasteiger partial charge in [-0.25, -0.2) is 0 Å². The Morgan fingerprint density at radius 3 is 3.04 bits per heavy atom. The molecule has 0 saturated carbocycles. The number of aromatic nitrogens is 2. The Kier molecular flexibility index (Phi) is 5.67. The summed E-state index contributed by atoms with van der Waals surface area (Å²) >= 11 is 6.04. The lowest BCUT2D eigenvalue weighted by Crippen LogP contribution is -2.50. The summed E-state index contributed by atoms with van der Waals surface area (Å²) in [6, 6.07) is 1.43. The maximum atomic E-state index is 12.5. The molecule has 0 aromatic carbocycles. The summed E-state index contributed by atoms with van der Waals surface area (Å²) in [5.74, 6) is 0.489. The van der Waals surface area contributed by atoms with E-state index < -0.39 is 0 Å². The number of carbonyl (C=O) groups is 1. The van der Waals surface area contributed by atoms with Crippen LogP contribution in [0.15, 0.2) is 23.0 Å². The molecule has 8 heteroatoms. The second kappa shape index (κ2) is 7.95. The molecule has 1 N–H and O–H groups in total. The van der Waals surface area contributed by atoms with Crippen LogP contribution in [0.2, 0.25) is 5.02 Å². The Morgan fingerprint density at radius 1 is 1.48 bits per heavy atom. The fraction of sp³-hybridized carbons (Fsp3) is 0.471. The van der Waals surface area contributed by atoms with Gasteiger partial charge >= 0.3 is 0 Å². The number of hydrogen-bond donors (Lipinski definition) is 1. The molecule has 1 aliphatic heterocycles. The van der Waals surface area contributed by atoms with E-state index in [1.165, 1.54) is 12.4 Å². The number of aryl methyl sites for hydroxylation is 2. The van der Waals surface area contributed by atoms with Crippen molar-refractivity contribution in [2.75, 3.05) is 13.2 Å². The molecule has 134 valence electrons. The van der Waals surface area contributed by atoms with Crippen molar-refractivity contribution in [3.63, 3.8) is 0 Å². The molecule has 3 rings (SSSR count). The molecule has 0 radical (unpaired) electrons. The van der Waals surface area contributed by atoms with Gasteiger partial charge in [0.1, 0.15) is 11.9 Å². The lowest BCUT2D eigenvalue weighted by molar-refractivity contribution is -0.0739. The first-order valence-corrected chi connectivity index (χ1v) is 8.45. The normalized spacial score (nSPS) is 20.4. The van der Waals surface area contributed by atoms with Crippen LogP contribution in [0.1, 0.15) is 33.8 Å². The number of nitrogens with one attached hydrogen (secondary N) is 1. The minimum atomic E-state index is -0.257. The minimum Gasteiger partial charge on any atom is -0.379 e. The molecule has 1 saturated heterocycles. The van der Waals surface area contributed by atoms with Crippen LogP contribution in [-0.2, 0) is 16.1 Å². The number of amides is 1. The van der Waals surface area contributed by atoms with Gasteiger partial charge < -0.3 is 19.3 Å². The molecule has 1 fully saturated rings. The number of hydrogen-bond acceptors (Lipinski definition) is 6. The molecule has 2 aromatic heterocycles. The van der Waals surface area contributed by atoms with Gasteiger partial charge in [0.25, 0.3) is 5.91 Å². The zero-order chi connectivity index (χ0) is 17.8. The Bertz CT molecular complexity index is 730. The highest BCUT2D eigenvalue weighted by atomic mass is 35.5. The van der Waals surface area contributed by atoms with Gasteiger partial charge in [0, 0.05) is 24.6 Å². The van der Waals surface area contributed by atoms with Crippen LogP contribution in [0, 0.1) is 13.8 Å². The minimum absolute atomic E-state index is 0.161. The Morgan fingerprint density at radius 2 is 2.32 bits per heavy atom. The first-order chi connectivity index (χ1) is 12.1. The average molecular weight is 366 g/mol. The van der Waals surface area contributed by atoms with Crippen molar-refractivity contribution in [3.05, 3.63) is 46.1 Å². The van der Waals surface area contributed by atoms with E-state index in [9.17, 15) is 4.79 Å². The molecule has 0 bridgehead atoms. The number of nitrogens with zero attached hydrogens (tertiary/aromatic N) is 2. The molecule has 7 nitrogen and oxygen atoms in total. The number of rotatable bonds is 5. The number of ether oxygens (including phenoxy) is 2. The van der Waals surface area contributed by atoms with Crippen LogP contribution < -0.4 is 5.32 Å². The second-order valence-corrected chi connectivity index (χ2v) is 6.36. The largest absolute Gasteiger partial charge is 0.379 e. The SMILES string of the molecule is Cc1noc(C)c1CO[C@@H]1COCC[C@H]1NC(=O)c1ccncc1Cl. The van der Waals surface area contributed by atoms with Gasteiger partial charge in [-0.3, -0.25) is 9.78 Å². The number of carbonyl (C=O) groups excluding carboxylic acids is 1. The van der Waals surface area contributed by atoms with Crippen molar-refractivity contribution in [3.8, 4) is 0 Å². The third-order valence-electron chi connectivity index (χ3n) is 4.26. The summed E-state index contributed by atoms with van der Waals surface area (Å²) in [7, 11) is 0. The van der Waals surface area contributed by atoms with Gasteiger partial charge in [0.15, 0.2) is 0 Å². The highest BCUT2D eigenvalue weighted by Crippen LogP contribution is 2.19. The lowest BCUT2D eigenvalue weighted by Gasteiger charge is -2.32. The summed E-state index contributed by atoms with van der Waals surface area (Å²) in [5.41, 5.74) is 2.12. The molecule has 0 aliphatic carbocycles. The van der Waals surface area contributed by atoms with E-state index in [4.69, 9.17) is 25.6 Å². The maximum Gasteiger partial charge on any atom is 0.253 e. The first kappa shape index (κ1) is 17.8. The van der Waals surface area contributed by atoms with Gasteiger partial charge in [0.2, 0.25) is 0 Å². The van der Waals surface area contributed by atoms with Gasteiger partial charge in [-0.15, -0.1) is 0 Å². The number of pyridine rings is 1. The standard InChI is InChI=1S/C17H20ClN3O4/c1-10-13(11(2)25-21-10)8-24-16-9-23-6-4-15(16)20-17(22)12-3-5-19-7-14(12)18/h3,5,7,15-16H,4,6,8-9H2,1-2H3,(H,20,22)/t15-,16-/m1/s1. The van der Waals surface area contributed by atoms with Crippen LogP contribution in [-0.4, -0.2) is 41.4 Å². The molecule has 2 aromatic rings. The monoisotopic (exact) mass is 365 g/mol. The van der Waals surface area contributed by atoms with Gasteiger partial charge in [-0.05, 0) is 26.3 Å². The molecule has 25 heavy (non-hydrogen) atoms. The van der Waals surface area contributed by atoms with Crippen LogP contribution in [0.3, 0.4) is 0 Å². The number of halogens is 1. The molecule has 0 spiro atoms. The Balaban J connectivity index is 1.65. The molecule has 1 amide bonds. The van der Waals surface area contributed by atoms with Crippen LogP contribution >= 0.6 is 11.6 Å². The third-order valence-corrected chi connectivity index (χ3v) is 4.56. The molecule has 2 atom stereocenters. The maximum absolute atomic E-state index is 12.5. The van der Waals surface area contributed by atoms with Gasteiger partial charge in [-0.2, -0.15) is 0 Å². The average Bonchev–Trinajstić information content (AvgIpc) is 2.93. The van der Waals surface area contributed by atoms with Crippen LogP contribution in [0.4, 0.5) is 0 Å². The third kappa shape index (κ3) is 4.18. The fourth-order valence-corrected chi connectivity index (χ4v) is 2.95. The summed E-state index contributed by atoms with van der Waals surface area (Å²) < 4.78 is 16.6. The molecule has 0 unspecified atom stereocenters. The van der Waals surface area contributed by atoms with E-state index in [2.05, 4.69) is 15.5 Å². The van der Waals surface area contributed by atoms with Crippen molar-refractivity contribution in [2.24, 2.45) is 0 Å². The van der Waals surface area contributed by atoms with Crippen molar-refractivity contribution in [1.29, 1.82) is 0 Å². The van der Waals surface area contributed by atoms with Crippen LogP contribution in [0.25, 0.3) is 0 Å². The van der Waals surface area contributed by atoms with E-state index in [-0.39, 0.29) is 18.1 Å². The Hall–Kier alpha value is -1.96. The molecular weight excluding hydrogens is 346 g/mol. The molecule has 3 heterocycles. The van der Waals surface area contributed by atoms with E-state index in [0.29, 0.717) is 36.8 Å². The van der Waals surface area contributed by atoms with Gasteiger partial charge in [0.05, 0.1) is 35.5 Å². The summed E-state index contributed by atoms with van der Waals surface area (Å²) in [5, 5.41) is 7.23. The van der Waals surface area contributed by atoms with E-state index in [0.717, 1.165) is 17.0 Å². The van der Waals surface area contributed by atoms with E-state index >= 15 is 0 Å². The fourth-order valence-electron chi connectivity index (χ4n) is 2.75. The molecule has 1 aliphatic rings. The topological polar surface area (TPSA) is 86.5 Å². The zero-order valence-electron chi connectivity index (χ0n) is 14.1. The zero-order valence-corrected chi connectivity index (χ0v) is 14.9. The lowest BCUT2D eigenvalue weighted by atomic mass is 10.1. The van der Waals surface area contributed by atoms with Crippen LogP contribution in [0.5, 0.6) is 0 Å². The van der Waals surface area contributed by atoms with Crippen molar-refractivity contribution >= 4 is 17.5 Å². The summed E-state index contributed by atoms with van der Waals surface area (Å²) in [6.07, 6.45) is 3.40.